The molecule has 0 atom stereocenters. The first-order chi connectivity index (χ1) is 8.52. The fourth-order valence-corrected chi connectivity index (χ4v) is 1.93. The maximum Gasteiger partial charge on any atom is 0.221 e. The standard InChI is InChI=1S/C16H19NO/c1-16(2,3)13-8-5-7-12(11-13)14-9-6-10-17-15(14)18-4/h5-11H,1-4H3. The molecule has 18 heavy (non-hydrogen) atoms. The van der Waals surface area contributed by atoms with Crippen molar-refractivity contribution in [3.63, 3.8) is 0 Å². The summed E-state index contributed by atoms with van der Waals surface area (Å²) in [6, 6.07) is 12.5. The number of methoxy groups -OCH3 is 1. The van der Waals surface area contributed by atoms with Crippen LogP contribution < -0.4 is 4.74 Å². The summed E-state index contributed by atoms with van der Waals surface area (Å²) in [6.45, 7) is 6.64. The van der Waals surface area contributed by atoms with Crippen LogP contribution >= 0.6 is 0 Å². The number of ether oxygens (including phenoxy) is 1. The van der Waals surface area contributed by atoms with E-state index in [2.05, 4.69) is 50.0 Å². The second-order valence-electron chi connectivity index (χ2n) is 5.39. The first kappa shape index (κ1) is 12.6. The molecule has 0 bridgehead atoms. The van der Waals surface area contributed by atoms with Crippen molar-refractivity contribution < 1.29 is 4.74 Å². The summed E-state index contributed by atoms with van der Waals surface area (Å²) < 4.78 is 5.31. The number of nitrogens with zero attached hydrogens (tertiary/aromatic N) is 1. The van der Waals surface area contributed by atoms with Crippen LogP contribution in [0.2, 0.25) is 0 Å². The molecule has 1 heterocycles. The fourth-order valence-electron chi connectivity index (χ4n) is 1.93. The molecule has 2 rings (SSSR count). The van der Waals surface area contributed by atoms with Crippen LogP contribution in [0.3, 0.4) is 0 Å². The first-order valence-corrected chi connectivity index (χ1v) is 6.12. The Morgan fingerprint density at radius 2 is 1.83 bits per heavy atom. The van der Waals surface area contributed by atoms with Crippen LogP contribution in [-0.4, -0.2) is 12.1 Å². The molecule has 0 radical (unpaired) electrons. The van der Waals surface area contributed by atoms with Gasteiger partial charge >= 0.3 is 0 Å². The van der Waals surface area contributed by atoms with Crippen LogP contribution in [-0.2, 0) is 5.41 Å². The molecular weight excluding hydrogens is 222 g/mol. The molecule has 94 valence electrons. The van der Waals surface area contributed by atoms with Crippen molar-refractivity contribution in [3.8, 4) is 17.0 Å². The Bertz CT molecular complexity index is 541. The first-order valence-electron chi connectivity index (χ1n) is 6.12. The van der Waals surface area contributed by atoms with Crippen molar-refractivity contribution in [2.75, 3.05) is 7.11 Å². The third-order valence-corrected chi connectivity index (χ3v) is 3.00. The third-order valence-electron chi connectivity index (χ3n) is 3.00. The Labute approximate surface area is 109 Å². The second-order valence-corrected chi connectivity index (χ2v) is 5.39. The third kappa shape index (κ3) is 2.53. The summed E-state index contributed by atoms with van der Waals surface area (Å²) in [5.41, 5.74) is 3.63. The maximum atomic E-state index is 5.31. The molecule has 2 aromatic rings. The summed E-state index contributed by atoms with van der Waals surface area (Å²) in [5.74, 6) is 0.670. The van der Waals surface area contributed by atoms with E-state index < -0.39 is 0 Å². The highest BCUT2D eigenvalue weighted by Gasteiger charge is 2.15. The molecule has 0 fully saturated rings. The van der Waals surface area contributed by atoms with Crippen LogP contribution in [0.1, 0.15) is 26.3 Å². The topological polar surface area (TPSA) is 22.1 Å². The van der Waals surface area contributed by atoms with E-state index in [9.17, 15) is 0 Å². The molecule has 0 N–H and O–H groups in total. The lowest BCUT2D eigenvalue weighted by molar-refractivity contribution is 0.399. The molecule has 0 aliphatic rings. The predicted octanol–water partition coefficient (Wildman–Crippen LogP) is 4.05. The van der Waals surface area contributed by atoms with Crippen molar-refractivity contribution in [3.05, 3.63) is 48.2 Å². The van der Waals surface area contributed by atoms with Gasteiger partial charge in [0.25, 0.3) is 0 Å². The maximum absolute atomic E-state index is 5.31. The van der Waals surface area contributed by atoms with E-state index in [1.165, 1.54) is 5.56 Å². The van der Waals surface area contributed by atoms with Crippen LogP contribution in [0.5, 0.6) is 5.88 Å². The second kappa shape index (κ2) is 4.81. The minimum Gasteiger partial charge on any atom is -0.481 e. The van der Waals surface area contributed by atoms with Crippen molar-refractivity contribution in [1.82, 2.24) is 4.98 Å². The Balaban J connectivity index is 2.51. The van der Waals surface area contributed by atoms with Crippen LogP contribution in [0.25, 0.3) is 11.1 Å². The smallest absolute Gasteiger partial charge is 0.221 e. The molecule has 2 heteroatoms. The Kier molecular flexibility index (Phi) is 3.37. The van der Waals surface area contributed by atoms with Gasteiger partial charge in [-0.2, -0.15) is 0 Å². The SMILES string of the molecule is COc1ncccc1-c1cccc(C(C)(C)C)c1. The molecule has 0 saturated carbocycles. The normalized spacial score (nSPS) is 11.3. The summed E-state index contributed by atoms with van der Waals surface area (Å²) in [6.07, 6.45) is 1.75. The summed E-state index contributed by atoms with van der Waals surface area (Å²) in [7, 11) is 1.65. The highest BCUT2D eigenvalue weighted by atomic mass is 16.5. The number of hydrogen-bond donors (Lipinski definition) is 0. The van der Waals surface area contributed by atoms with Gasteiger partial charge in [0.2, 0.25) is 5.88 Å². The van der Waals surface area contributed by atoms with E-state index >= 15 is 0 Å². The molecule has 0 aliphatic heterocycles. The van der Waals surface area contributed by atoms with Gasteiger partial charge in [0, 0.05) is 11.8 Å². The van der Waals surface area contributed by atoms with Crippen LogP contribution in [0.4, 0.5) is 0 Å². The molecule has 2 nitrogen and oxygen atoms in total. The Morgan fingerprint density at radius 1 is 1.06 bits per heavy atom. The van der Waals surface area contributed by atoms with E-state index in [1.54, 1.807) is 13.3 Å². The van der Waals surface area contributed by atoms with Crippen molar-refractivity contribution in [1.29, 1.82) is 0 Å². The zero-order chi connectivity index (χ0) is 13.2. The van der Waals surface area contributed by atoms with Crippen LogP contribution in [0, 0.1) is 0 Å². The van der Waals surface area contributed by atoms with Crippen molar-refractivity contribution >= 4 is 0 Å². The monoisotopic (exact) mass is 241 g/mol. The molecular formula is C16H19NO. The zero-order valence-electron chi connectivity index (χ0n) is 11.4. The van der Waals surface area contributed by atoms with Gasteiger partial charge in [0.1, 0.15) is 0 Å². The van der Waals surface area contributed by atoms with Gasteiger partial charge in [-0.1, -0.05) is 45.0 Å². The lowest BCUT2D eigenvalue weighted by Gasteiger charge is -2.20. The van der Waals surface area contributed by atoms with Gasteiger partial charge in [-0.3, -0.25) is 0 Å². The van der Waals surface area contributed by atoms with E-state index in [0.717, 1.165) is 11.1 Å². The van der Waals surface area contributed by atoms with Crippen molar-refractivity contribution in [2.24, 2.45) is 0 Å². The number of benzene rings is 1. The van der Waals surface area contributed by atoms with Crippen LogP contribution in [0.15, 0.2) is 42.6 Å². The summed E-state index contributed by atoms with van der Waals surface area (Å²) in [4.78, 5) is 4.24. The lowest BCUT2D eigenvalue weighted by Crippen LogP contribution is -2.10. The van der Waals surface area contributed by atoms with Crippen molar-refractivity contribution in [2.45, 2.75) is 26.2 Å². The number of aromatic nitrogens is 1. The highest BCUT2D eigenvalue weighted by molar-refractivity contribution is 5.69. The minimum absolute atomic E-state index is 0.144. The van der Waals surface area contributed by atoms with E-state index in [-0.39, 0.29) is 5.41 Å². The van der Waals surface area contributed by atoms with Gasteiger partial charge in [-0.15, -0.1) is 0 Å². The molecule has 0 amide bonds. The molecule has 0 spiro atoms. The van der Waals surface area contributed by atoms with E-state index in [0.29, 0.717) is 5.88 Å². The molecule has 0 aliphatic carbocycles. The number of hydrogen-bond acceptors (Lipinski definition) is 2. The number of rotatable bonds is 2. The molecule has 1 aromatic carbocycles. The lowest BCUT2D eigenvalue weighted by atomic mass is 9.85. The Hall–Kier alpha value is -1.83. The van der Waals surface area contributed by atoms with Gasteiger partial charge in [-0.25, -0.2) is 4.98 Å². The predicted molar refractivity (Wildman–Crippen MR) is 74.9 cm³/mol. The molecule has 0 unspecified atom stereocenters. The van der Waals surface area contributed by atoms with Gasteiger partial charge < -0.3 is 4.74 Å². The largest absolute Gasteiger partial charge is 0.481 e. The number of pyridine rings is 1. The zero-order valence-corrected chi connectivity index (χ0v) is 11.4. The summed E-state index contributed by atoms with van der Waals surface area (Å²) in [5, 5.41) is 0. The average Bonchev–Trinajstić information content (AvgIpc) is 2.38. The molecule has 0 saturated heterocycles. The quantitative estimate of drug-likeness (QED) is 0.791. The average molecular weight is 241 g/mol. The Morgan fingerprint density at radius 3 is 2.50 bits per heavy atom. The van der Waals surface area contributed by atoms with Gasteiger partial charge in [0.05, 0.1) is 7.11 Å². The van der Waals surface area contributed by atoms with Gasteiger partial charge in [0.15, 0.2) is 0 Å². The molecule has 1 aromatic heterocycles. The van der Waals surface area contributed by atoms with E-state index in [1.807, 2.05) is 12.1 Å². The van der Waals surface area contributed by atoms with Gasteiger partial charge in [-0.05, 0) is 28.7 Å². The highest BCUT2D eigenvalue weighted by Crippen LogP contribution is 2.31. The van der Waals surface area contributed by atoms with E-state index in [4.69, 9.17) is 4.74 Å². The summed E-state index contributed by atoms with van der Waals surface area (Å²) >= 11 is 0. The minimum atomic E-state index is 0.144. The fraction of sp³-hybridized carbons (Fsp3) is 0.312.